The van der Waals surface area contributed by atoms with E-state index >= 15 is 0 Å². The Morgan fingerprint density at radius 3 is 2.00 bits per heavy atom. The van der Waals surface area contributed by atoms with Crippen LogP contribution in [0.5, 0.6) is 0 Å². The predicted octanol–water partition coefficient (Wildman–Crippen LogP) is 4.24. The summed E-state index contributed by atoms with van der Waals surface area (Å²) in [5.74, 6) is 1.34. The molecule has 0 radical (unpaired) electrons. The summed E-state index contributed by atoms with van der Waals surface area (Å²) in [5.41, 5.74) is 0.992. The first-order chi connectivity index (χ1) is 10.1. The van der Waals surface area contributed by atoms with Crippen molar-refractivity contribution in [3.05, 3.63) is 46.3 Å². The van der Waals surface area contributed by atoms with Crippen LogP contribution in [0.15, 0.2) is 34.9 Å². The molecule has 1 aromatic heterocycles. The van der Waals surface area contributed by atoms with Crippen molar-refractivity contribution < 1.29 is 9.45 Å². The van der Waals surface area contributed by atoms with Crippen LogP contribution in [0.1, 0.15) is 40.5 Å². The second kappa shape index (κ2) is 14.2. The van der Waals surface area contributed by atoms with Gasteiger partial charge >= 0.3 is 0 Å². The van der Waals surface area contributed by atoms with Gasteiger partial charge in [0.15, 0.2) is 7.05 Å². The molecular formula is C15H25N3O3. The highest BCUT2D eigenvalue weighted by atomic mass is 16.6. The molecule has 0 spiro atoms. The minimum atomic E-state index is -0.500. The molecule has 1 aromatic carbocycles. The Morgan fingerprint density at radius 1 is 1.14 bits per heavy atom. The fourth-order valence-corrected chi connectivity index (χ4v) is 1.10. The standard InChI is InChI=1S/C10H10N2O.2C2H6.CH3NO2/c1-2-9-11-10(12-13-9)8-6-4-3-5-7-8;2*1-2;1-2(3)4/h3-7H,2H2,1H3;2*1-2H3;1H3. The van der Waals surface area contributed by atoms with Crippen LogP contribution in [0.3, 0.4) is 0 Å². The summed E-state index contributed by atoms with van der Waals surface area (Å²) in [6, 6.07) is 9.80. The van der Waals surface area contributed by atoms with E-state index < -0.39 is 4.92 Å². The van der Waals surface area contributed by atoms with Crippen LogP contribution >= 0.6 is 0 Å². The minimum absolute atomic E-state index is 0.500. The normalized spacial score (nSPS) is 8.10. The Balaban J connectivity index is 0. The van der Waals surface area contributed by atoms with Crippen LogP contribution in [0.4, 0.5) is 0 Å². The van der Waals surface area contributed by atoms with E-state index in [1.54, 1.807) is 0 Å². The van der Waals surface area contributed by atoms with Crippen LogP contribution in [0.2, 0.25) is 0 Å². The third-order valence-corrected chi connectivity index (χ3v) is 1.80. The molecule has 0 bridgehead atoms. The number of rotatable bonds is 2. The molecule has 2 rings (SSSR count). The van der Waals surface area contributed by atoms with Gasteiger partial charge in [-0.2, -0.15) is 4.98 Å². The van der Waals surface area contributed by atoms with E-state index in [-0.39, 0.29) is 0 Å². The van der Waals surface area contributed by atoms with E-state index in [4.69, 9.17) is 14.6 Å². The van der Waals surface area contributed by atoms with E-state index in [1.807, 2.05) is 65.0 Å². The summed E-state index contributed by atoms with van der Waals surface area (Å²) < 4.78 is 5.01. The summed E-state index contributed by atoms with van der Waals surface area (Å²) in [4.78, 5) is 12.5. The molecule has 0 aliphatic heterocycles. The third-order valence-electron chi connectivity index (χ3n) is 1.80. The maximum absolute atomic E-state index is 8.81. The largest absolute Gasteiger partial charge is 0.339 e. The molecule has 0 aliphatic carbocycles. The van der Waals surface area contributed by atoms with Crippen molar-refractivity contribution >= 4 is 0 Å². The number of aromatic nitrogens is 2. The molecule has 0 aliphatic rings. The highest BCUT2D eigenvalue weighted by Gasteiger charge is 2.05. The predicted molar refractivity (Wildman–Crippen MR) is 84.7 cm³/mol. The molecule has 0 amide bonds. The fourth-order valence-electron chi connectivity index (χ4n) is 1.10. The molecule has 0 N–H and O–H groups in total. The molecule has 6 nitrogen and oxygen atoms in total. The van der Waals surface area contributed by atoms with Gasteiger partial charge in [-0.1, -0.05) is 70.1 Å². The monoisotopic (exact) mass is 295 g/mol. The topological polar surface area (TPSA) is 82.1 Å². The van der Waals surface area contributed by atoms with Crippen molar-refractivity contribution in [3.63, 3.8) is 0 Å². The Morgan fingerprint density at radius 2 is 1.62 bits per heavy atom. The van der Waals surface area contributed by atoms with E-state index in [0.29, 0.717) is 11.7 Å². The summed E-state index contributed by atoms with van der Waals surface area (Å²) in [7, 11) is 0.889. The molecule has 118 valence electrons. The Bertz CT molecular complexity index is 466. The van der Waals surface area contributed by atoms with Crippen LogP contribution in [-0.2, 0) is 6.42 Å². The van der Waals surface area contributed by atoms with E-state index in [1.165, 1.54) is 0 Å². The van der Waals surface area contributed by atoms with Crippen LogP contribution in [0.25, 0.3) is 11.4 Å². The van der Waals surface area contributed by atoms with Gasteiger partial charge in [-0.15, -0.1) is 0 Å². The van der Waals surface area contributed by atoms with Crippen molar-refractivity contribution in [2.45, 2.75) is 41.0 Å². The Hall–Kier alpha value is -2.24. The van der Waals surface area contributed by atoms with Crippen molar-refractivity contribution in [3.8, 4) is 11.4 Å². The van der Waals surface area contributed by atoms with Crippen LogP contribution in [-0.4, -0.2) is 22.1 Å². The minimum Gasteiger partial charge on any atom is -0.339 e. The Labute approximate surface area is 126 Å². The molecule has 1 heterocycles. The number of nitro groups is 1. The number of hydrogen-bond acceptors (Lipinski definition) is 5. The lowest BCUT2D eigenvalue weighted by atomic mass is 10.2. The van der Waals surface area contributed by atoms with Crippen LogP contribution in [0, 0.1) is 10.1 Å². The average molecular weight is 295 g/mol. The van der Waals surface area contributed by atoms with Gasteiger partial charge in [-0.05, 0) is 0 Å². The van der Waals surface area contributed by atoms with Crippen LogP contribution < -0.4 is 0 Å². The lowest BCUT2D eigenvalue weighted by Crippen LogP contribution is -1.80. The second-order valence-electron chi connectivity index (χ2n) is 3.17. The van der Waals surface area contributed by atoms with Gasteiger partial charge < -0.3 is 4.52 Å². The molecule has 0 fully saturated rings. The lowest BCUT2D eigenvalue weighted by Gasteiger charge is -1.89. The fraction of sp³-hybridized carbons (Fsp3) is 0.467. The molecule has 21 heavy (non-hydrogen) atoms. The summed E-state index contributed by atoms with van der Waals surface area (Å²) >= 11 is 0. The molecule has 0 atom stereocenters. The zero-order valence-corrected chi connectivity index (χ0v) is 13.7. The van der Waals surface area contributed by atoms with E-state index in [9.17, 15) is 0 Å². The maximum atomic E-state index is 8.81. The molecular weight excluding hydrogens is 270 g/mol. The second-order valence-corrected chi connectivity index (χ2v) is 3.17. The molecule has 6 heteroatoms. The first-order valence-electron chi connectivity index (χ1n) is 7.09. The van der Waals surface area contributed by atoms with E-state index in [0.717, 1.165) is 19.0 Å². The van der Waals surface area contributed by atoms with Gasteiger partial charge in [0.05, 0.1) is 0 Å². The SMILES string of the molecule is CC.CC.CCc1nc(-c2ccccc2)no1.C[N+](=O)[O-]. The van der Waals surface area contributed by atoms with Gasteiger partial charge in [0.2, 0.25) is 11.7 Å². The van der Waals surface area contributed by atoms with Crippen molar-refractivity contribution in [1.29, 1.82) is 0 Å². The molecule has 2 aromatic rings. The number of benzene rings is 1. The smallest absolute Gasteiger partial charge is 0.226 e. The maximum Gasteiger partial charge on any atom is 0.226 e. The quantitative estimate of drug-likeness (QED) is 0.611. The molecule has 0 saturated carbocycles. The highest BCUT2D eigenvalue weighted by molar-refractivity contribution is 5.53. The molecule has 0 saturated heterocycles. The van der Waals surface area contributed by atoms with E-state index in [2.05, 4.69) is 10.1 Å². The number of nitrogens with zero attached hydrogens (tertiary/aromatic N) is 3. The lowest BCUT2D eigenvalue weighted by molar-refractivity contribution is -0.445. The van der Waals surface area contributed by atoms with Gasteiger partial charge in [-0.25, -0.2) is 0 Å². The first-order valence-corrected chi connectivity index (χ1v) is 7.09. The molecule has 0 unspecified atom stereocenters. The summed E-state index contributed by atoms with van der Waals surface area (Å²) in [5, 5.41) is 12.7. The van der Waals surface area contributed by atoms with Crippen molar-refractivity contribution in [1.82, 2.24) is 10.1 Å². The Kier molecular flexibility index (Phi) is 14.2. The summed E-state index contributed by atoms with van der Waals surface area (Å²) in [6.45, 7) is 9.99. The number of hydrogen-bond donors (Lipinski definition) is 0. The van der Waals surface area contributed by atoms with Gasteiger partial charge in [0.1, 0.15) is 0 Å². The van der Waals surface area contributed by atoms with Gasteiger partial charge in [0.25, 0.3) is 0 Å². The number of aryl methyl sites for hydroxylation is 1. The summed E-state index contributed by atoms with van der Waals surface area (Å²) in [6.07, 6.45) is 0.778. The zero-order chi connectivity index (χ0) is 16.7. The van der Waals surface area contributed by atoms with Gasteiger partial charge in [0, 0.05) is 16.9 Å². The highest BCUT2D eigenvalue weighted by Crippen LogP contribution is 2.14. The van der Waals surface area contributed by atoms with Gasteiger partial charge in [-0.3, -0.25) is 10.1 Å². The third kappa shape index (κ3) is 10.2. The van der Waals surface area contributed by atoms with Crippen molar-refractivity contribution in [2.75, 3.05) is 7.05 Å². The zero-order valence-electron chi connectivity index (χ0n) is 13.7. The average Bonchev–Trinajstić information content (AvgIpc) is 3.01. The first kappa shape index (κ1) is 21.1. The van der Waals surface area contributed by atoms with Crippen molar-refractivity contribution in [2.24, 2.45) is 0 Å².